The van der Waals surface area contributed by atoms with Crippen molar-refractivity contribution in [2.75, 3.05) is 0 Å². The minimum Gasteiger partial charge on any atom is -0.365 e. The SMILES string of the molecule is Cc1nn(C2(C)CCCC2)c(C#N)c1C(N)=O. The molecule has 2 rings (SSSR count). The lowest BCUT2D eigenvalue weighted by Crippen LogP contribution is -2.29. The molecule has 0 aromatic carbocycles. The fourth-order valence-corrected chi connectivity index (χ4v) is 2.66. The highest BCUT2D eigenvalue weighted by molar-refractivity contribution is 5.96. The van der Waals surface area contributed by atoms with Gasteiger partial charge in [0.1, 0.15) is 6.07 Å². The number of carbonyl (C=O) groups is 1. The van der Waals surface area contributed by atoms with Gasteiger partial charge in [0.15, 0.2) is 5.69 Å². The first-order valence-electron chi connectivity index (χ1n) is 5.79. The smallest absolute Gasteiger partial charge is 0.253 e. The number of aryl methyl sites for hydroxylation is 1. The van der Waals surface area contributed by atoms with Gasteiger partial charge in [-0.15, -0.1) is 0 Å². The van der Waals surface area contributed by atoms with E-state index in [0.717, 1.165) is 25.7 Å². The molecule has 17 heavy (non-hydrogen) atoms. The standard InChI is InChI=1S/C12H16N4O/c1-8-10(11(14)17)9(7-13)16(15-8)12(2)5-3-4-6-12/h3-6H2,1-2H3,(H2,14,17). The highest BCUT2D eigenvalue weighted by Gasteiger charge is 2.35. The molecule has 1 saturated carbocycles. The molecular formula is C12H16N4O. The van der Waals surface area contributed by atoms with E-state index in [1.807, 2.05) is 0 Å². The average molecular weight is 232 g/mol. The predicted octanol–water partition coefficient (Wildman–Crippen LogP) is 1.45. The van der Waals surface area contributed by atoms with Crippen molar-refractivity contribution in [2.45, 2.75) is 45.1 Å². The van der Waals surface area contributed by atoms with Gasteiger partial charge in [0, 0.05) is 0 Å². The summed E-state index contributed by atoms with van der Waals surface area (Å²) < 4.78 is 1.70. The van der Waals surface area contributed by atoms with Crippen molar-refractivity contribution in [1.29, 1.82) is 5.26 Å². The van der Waals surface area contributed by atoms with Crippen LogP contribution in [0.4, 0.5) is 0 Å². The first-order valence-corrected chi connectivity index (χ1v) is 5.79. The molecule has 1 heterocycles. The molecule has 1 aromatic rings. The van der Waals surface area contributed by atoms with Crippen molar-refractivity contribution in [1.82, 2.24) is 9.78 Å². The lowest BCUT2D eigenvalue weighted by Gasteiger charge is -2.25. The third kappa shape index (κ3) is 1.70. The Morgan fingerprint density at radius 1 is 1.53 bits per heavy atom. The van der Waals surface area contributed by atoms with Gasteiger partial charge in [0.2, 0.25) is 0 Å². The van der Waals surface area contributed by atoms with E-state index in [0.29, 0.717) is 11.4 Å². The molecule has 0 unspecified atom stereocenters. The number of nitrogens with zero attached hydrogens (tertiary/aromatic N) is 3. The molecule has 5 nitrogen and oxygen atoms in total. The minimum atomic E-state index is -0.577. The average Bonchev–Trinajstić information content (AvgIpc) is 2.82. The molecule has 90 valence electrons. The maximum Gasteiger partial charge on any atom is 0.253 e. The van der Waals surface area contributed by atoms with Crippen LogP contribution in [0.15, 0.2) is 0 Å². The number of rotatable bonds is 2. The number of nitrogens with two attached hydrogens (primary N) is 1. The van der Waals surface area contributed by atoms with E-state index in [1.54, 1.807) is 11.6 Å². The van der Waals surface area contributed by atoms with Crippen LogP contribution in [0.25, 0.3) is 0 Å². The number of nitriles is 1. The lowest BCUT2D eigenvalue weighted by atomic mass is 10.0. The number of amides is 1. The van der Waals surface area contributed by atoms with Crippen LogP contribution in [0.3, 0.4) is 0 Å². The first kappa shape index (κ1) is 11.6. The molecular weight excluding hydrogens is 216 g/mol. The van der Waals surface area contributed by atoms with Crippen LogP contribution in [-0.4, -0.2) is 15.7 Å². The summed E-state index contributed by atoms with van der Waals surface area (Å²) in [6, 6.07) is 2.07. The maximum atomic E-state index is 11.4. The molecule has 5 heteroatoms. The molecule has 1 aliphatic carbocycles. The molecule has 0 radical (unpaired) electrons. The zero-order valence-corrected chi connectivity index (χ0v) is 10.2. The summed E-state index contributed by atoms with van der Waals surface area (Å²) >= 11 is 0. The van der Waals surface area contributed by atoms with Gasteiger partial charge in [0.25, 0.3) is 5.91 Å². The number of aromatic nitrogens is 2. The molecule has 1 fully saturated rings. The Labute approximate surface area is 100 Å². The molecule has 2 N–H and O–H groups in total. The van der Waals surface area contributed by atoms with Gasteiger partial charge in [-0.25, -0.2) is 4.68 Å². The summed E-state index contributed by atoms with van der Waals surface area (Å²) in [5.74, 6) is -0.577. The quantitative estimate of drug-likeness (QED) is 0.837. The van der Waals surface area contributed by atoms with E-state index in [-0.39, 0.29) is 11.1 Å². The second kappa shape index (κ2) is 3.88. The highest BCUT2D eigenvalue weighted by atomic mass is 16.1. The largest absolute Gasteiger partial charge is 0.365 e. The van der Waals surface area contributed by atoms with Gasteiger partial charge in [-0.1, -0.05) is 12.8 Å². The van der Waals surface area contributed by atoms with Crippen LogP contribution in [0, 0.1) is 18.3 Å². The van der Waals surface area contributed by atoms with Crippen LogP contribution >= 0.6 is 0 Å². The van der Waals surface area contributed by atoms with Gasteiger partial charge in [0.05, 0.1) is 16.8 Å². The van der Waals surface area contributed by atoms with Gasteiger partial charge >= 0.3 is 0 Å². The Kier molecular flexibility index (Phi) is 2.66. The Balaban J connectivity index is 2.60. The molecule has 0 aliphatic heterocycles. The van der Waals surface area contributed by atoms with Crippen molar-refractivity contribution < 1.29 is 4.79 Å². The summed E-state index contributed by atoms with van der Waals surface area (Å²) in [6.07, 6.45) is 4.24. The number of hydrogen-bond donors (Lipinski definition) is 1. The van der Waals surface area contributed by atoms with E-state index in [1.165, 1.54) is 0 Å². The Hall–Kier alpha value is -1.83. The minimum absolute atomic E-state index is 0.149. The second-order valence-electron chi connectivity index (χ2n) is 4.90. The topological polar surface area (TPSA) is 84.7 Å². The zero-order valence-electron chi connectivity index (χ0n) is 10.2. The Bertz CT molecular complexity index is 503. The van der Waals surface area contributed by atoms with Crippen molar-refractivity contribution in [3.8, 4) is 6.07 Å². The number of primary amides is 1. The van der Waals surface area contributed by atoms with Crippen molar-refractivity contribution in [3.63, 3.8) is 0 Å². The Morgan fingerprint density at radius 3 is 2.59 bits per heavy atom. The Morgan fingerprint density at radius 2 is 2.12 bits per heavy atom. The van der Waals surface area contributed by atoms with Crippen molar-refractivity contribution in [2.24, 2.45) is 5.73 Å². The predicted molar refractivity (Wildman–Crippen MR) is 62.3 cm³/mol. The first-order chi connectivity index (χ1) is 7.99. The highest BCUT2D eigenvalue weighted by Crippen LogP contribution is 2.37. The van der Waals surface area contributed by atoms with Gasteiger partial charge < -0.3 is 5.73 Å². The van der Waals surface area contributed by atoms with Crippen molar-refractivity contribution >= 4 is 5.91 Å². The lowest BCUT2D eigenvalue weighted by molar-refractivity contribution is 0.0999. The summed E-state index contributed by atoms with van der Waals surface area (Å²) in [6.45, 7) is 3.80. The summed E-state index contributed by atoms with van der Waals surface area (Å²) in [4.78, 5) is 11.4. The van der Waals surface area contributed by atoms with Gasteiger partial charge in [-0.05, 0) is 26.7 Å². The molecule has 1 aliphatic rings. The second-order valence-corrected chi connectivity index (χ2v) is 4.90. The number of carbonyl (C=O) groups excluding carboxylic acids is 1. The normalized spacial score (nSPS) is 17.9. The summed E-state index contributed by atoms with van der Waals surface area (Å²) in [5, 5.41) is 13.6. The van der Waals surface area contributed by atoms with E-state index in [9.17, 15) is 10.1 Å². The molecule has 1 aromatic heterocycles. The van der Waals surface area contributed by atoms with Crippen molar-refractivity contribution in [3.05, 3.63) is 17.0 Å². The molecule has 1 amide bonds. The van der Waals surface area contributed by atoms with Crippen LogP contribution in [-0.2, 0) is 5.54 Å². The van der Waals surface area contributed by atoms with E-state index in [2.05, 4.69) is 18.1 Å². The van der Waals surface area contributed by atoms with Gasteiger partial charge in [-0.3, -0.25) is 4.79 Å². The van der Waals surface area contributed by atoms with E-state index < -0.39 is 5.91 Å². The fourth-order valence-electron chi connectivity index (χ4n) is 2.66. The zero-order chi connectivity index (χ0) is 12.6. The third-order valence-electron chi connectivity index (χ3n) is 3.60. The van der Waals surface area contributed by atoms with Crippen LogP contribution in [0.2, 0.25) is 0 Å². The van der Waals surface area contributed by atoms with E-state index >= 15 is 0 Å². The molecule has 0 atom stereocenters. The molecule has 0 bridgehead atoms. The summed E-state index contributed by atoms with van der Waals surface area (Å²) in [7, 11) is 0. The van der Waals surface area contributed by atoms with Crippen LogP contribution in [0.5, 0.6) is 0 Å². The van der Waals surface area contributed by atoms with Gasteiger partial charge in [-0.2, -0.15) is 10.4 Å². The third-order valence-corrected chi connectivity index (χ3v) is 3.60. The monoisotopic (exact) mass is 232 g/mol. The molecule has 0 saturated heterocycles. The van der Waals surface area contributed by atoms with Crippen LogP contribution in [0.1, 0.15) is 54.4 Å². The van der Waals surface area contributed by atoms with Crippen LogP contribution < -0.4 is 5.73 Å². The molecule has 0 spiro atoms. The fraction of sp³-hybridized carbons (Fsp3) is 0.583. The maximum absolute atomic E-state index is 11.4. The number of hydrogen-bond acceptors (Lipinski definition) is 3. The van der Waals surface area contributed by atoms with E-state index in [4.69, 9.17) is 5.73 Å². The summed E-state index contributed by atoms with van der Waals surface area (Å²) in [5.41, 5.74) is 6.27.